The van der Waals surface area contributed by atoms with Crippen LogP contribution < -0.4 is 0 Å². The molecule has 0 rings (SSSR count). The number of unbranched alkanes of at least 4 members (excludes halogenated alkanes) is 36. The number of hydrogen-bond donors (Lipinski definition) is 0. The van der Waals surface area contributed by atoms with Gasteiger partial charge in [0.2, 0.25) is 0 Å². The van der Waals surface area contributed by atoms with Crippen LogP contribution in [0.5, 0.6) is 0 Å². The van der Waals surface area contributed by atoms with Crippen molar-refractivity contribution >= 4 is 11.9 Å². The van der Waals surface area contributed by atoms with Gasteiger partial charge in [-0.3, -0.25) is 9.59 Å². The number of hydrogen-bond acceptors (Lipinski definition) is 5. The average molecular weight is 900 g/mol. The molecule has 0 aromatic heterocycles. The molecule has 0 saturated heterocycles. The maximum absolute atomic E-state index is 12.8. The van der Waals surface area contributed by atoms with E-state index >= 15 is 0 Å². The summed E-state index contributed by atoms with van der Waals surface area (Å²) in [6.45, 7) is 7.83. The highest BCUT2D eigenvalue weighted by molar-refractivity contribution is 5.70. The Bertz CT molecular complexity index is 1020. The van der Waals surface area contributed by atoms with E-state index in [1.165, 1.54) is 225 Å². The van der Waals surface area contributed by atoms with E-state index in [1.54, 1.807) is 0 Å². The SMILES string of the molecule is CCCCC/C=C\C/C=C\CCCCCCCCCCCC(=O)OCC(COCCCCCCCC/C=C\CCCCCC)OC(=O)CCCCCCCCCCCCCCCCC. The molecule has 0 saturated carbocycles. The predicted molar refractivity (Wildman–Crippen MR) is 279 cm³/mol. The Morgan fingerprint density at radius 1 is 0.344 bits per heavy atom. The summed E-state index contributed by atoms with van der Waals surface area (Å²) in [5, 5.41) is 0. The molecule has 0 aromatic rings. The lowest BCUT2D eigenvalue weighted by molar-refractivity contribution is -0.163. The fourth-order valence-electron chi connectivity index (χ4n) is 8.36. The zero-order chi connectivity index (χ0) is 46.3. The third-order valence-electron chi connectivity index (χ3n) is 12.6. The topological polar surface area (TPSA) is 61.8 Å². The van der Waals surface area contributed by atoms with Crippen molar-refractivity contribution in [1.82, 2.24) is 0 Å². The van der Waals surface area contributed by atoms with Crippen LogP contribution in [0.15, 0.2) is 36.5 Å². The Morgan fingerprint density at radius 2 is 0.656 bits per heavy atom. The van der Waals surface area contributed by atoms with Gasteiger partial charge in [0, 0.05) is 19.4 Å². The second-order valence-electron chi connectivity index (χ2n) is 19.2. The van der Waals surface area contributed by atoms with Crippen LogP contribution in [0.4, 0.5) is 0 Å². The maximum Gasteiger partial charge on any atom is 0.306 e. The van der Waals surface area contributed by atoms with Crippen LogP contribution in [-0.2, 0) is 23.8 Å². The van der Waals surface area contributed by atoms with Crippen molar-refractivity contribution in [3.63, 3.8) is 0 Å². The van der Waals surface area contributed by atoms with Gasteiger partial charge in [-0.05, 0) is 77.0 Å². The van der Waals surface area contributed by atoms with Crippen molar-refractivity contribution < 1.29 is 23.8 Å². The zero-order valence-corrected chi connectivity index (χ0v) is 43.3. The van der Waals surface area contributed by atoms with Gasteiger partial charge < -0.3 is 14.2 Å². The van der Waals surface area contributed by atoms with Gasteiger partial charge in [-0.1, -0.05) is 250 Å². The number of ether oxygens (including phenoxy) is 3. The van der Waals surface area contributed by atoms with E-state index in [0.717, 1.165) is 44.9 Å². The standard InChI is InChI=1S/C59H110O5/c1-4-7-10-13-16-19-22-25-28-29-30-31-33-34-37-40-43-46-49-52-58(60)63-56-57(55-62-54-51-48-45-42-39-36-27-24-21-18-15-12-9-6-3)64-59(61)53-50-47-44-41-38-35-32-26-23-20-17-14-11-8-5-2/h16,19,21,24-25,28,57H,4-15,17-18,20,22-23,26-27,29-56H2,1-3H3/b19-16-,24-21-,28-25-. The van der Waals surface area contributed by atoms with Crippen molar-refractivity contribution in [2.24, 2.45) is 0 Å². The second kappa shape index (κ2) is 55.4. The molecule has 64 heavy (non-hydrogen) atoms. The van der Waals surface area contributed by atoms with Crippen LogP contribution in [0.2, 0.25) is 0 Å². The first-order chi connectivity index (χ1) is 31.6. The summed E-state index contributed by atoms with van der Waals surface area (Å²) in [6.07, 6.45) is 67.3. The molecule has 1 unspecified atom stereocenters. The van der Waals surface area contributed by atoms with Crippen molar-refractivity contribution in [2.75, 3.05) is 19.8 Å². The summed E-state index contributed by atoms with van der Waals surface area (Å²) in [5.41, 5.74) is 0. The zero-order valence-electron chi connectivity index (χ0n) is 43.3. The summed E-state index contributed by atoms with van der Waals surface area (Å²) in [6, 6.07) is 0. The molecule has 0 aliphatic heterocycles. The largest absolute Gasteiger partial charge is 0.462 e. The molecule has 0 aliphatic rings. The van der Waals surface area contributed by atoms with Crippen molar-refractivity contribution in [2.45, 2.75) is 309 Å². The number of rotatable bonds is 53. The minimum absolute atomic E-state index is 0.0859. The van der Waals surface area contributed by atoms with E-state index in [-0.39, 0.29) is 25.2 Å². The summed E-state index contributed by atoms with van der Waals surface area (Å²) in [4.78, 5) is 25.5. The molecule has 0 bridgehead atoms. The van der Waals surface area contributed by atoms with Gasteiger partial charge in [-0.25, -0.2) is 0 Å². The predicted octanol–water partition coefficient (Wildman–Crippen LogP) is 19.4. The first-order valence-electron chi connectivity index (χ1n) is 28.5. The van der Waals surface area contributed by atoms with Gasteiger partial charge in [-0.2, -0.15) is 0 Å². The van der Waals surface area contributed by atoms with Crippen LogP contribution in [0.3, 0.4) is 0 Å². The number of allylic oxidation sites excluding steroid dienone is 6. The Morgan fingerprint density at radius 3 is 1.09 bits per heavy atom. The van der Waals surface area contributed by atoms with Gasteiger partial charge in [-0.15, -0.1) is 0 Å². The molecule has 0 radical (unpaired) electrons. The van der Waals surface area contributed by atoms with Gasteiger partial charge in [0.15, 0.2) is 6.10 Å². The molecule has 0 fully saturated rings. The third kappa shape index (κ3) is 52.7. The highest BCUT2D eigenvalue weighted by Gasteiger charge is 2.17. The maximum atomic E-state index is 12.8. The molecule has 1 atom stereocenters. The van der Waals surface area contributed by atoms with E-state index in [2.05, 4.69) is 57.2 Å². The summed E-state index contributed by atoms with van der Waals surface area (Å²) in [5.74, 6) is -0.387. The van der Waals surface area contributed by atoms with Crippen molar-refractivity contribution in [3.05, 3.63) is 36.5 Å². The molecular formula is C59H110O5. The molecule has 0 N–H and O–H groups in total. The van der Waals surface area contributed by atoms with E-state index in [0.29, 0.717) is 19.4 Å². The van der Waals surface area contributed by atoms with Crippen LogP contribution in [0.1, 0.15) is 303 Å². The normalized spacial score (nSPS) is 12.4. The molecule has 5 heteroatoms. The lowest BCUT2D eigenvalue weighted by Gasteiger charge is -2.18. The van der Waals surface area contributed by atoms with E-state index in [9.17, 15) is 9.59 Å². The quantitative estimate of drug-likeness (QED) is 0.0346. The van der Waals surface area contributed by atoms with Gasteiger partial charge >= 0.3 is 11.9 Å². The van der Waals surface area contributed by atoms with Crippen LogP contribution in [0, 0.1) is 0 Å². The molecular weight excluding hydrogens is 789 g/mol. The Kier molecular flexibility index (Phi) is 53.8. The molecule has 0 aliphatic carbocycles. The Labute approximate surface area is 400 Å². The molecule has 5 nitrogen and oxygen atoms in total. The highest BCUT2D eigenvalue weighted by Crippen LogP contribution is 2.16. The molecule has 0 aromatic carbocycles. The first-order valence-corrected chi connectivity index (χ1v) is 28.5. The Hall–Kier alpha value is -1.88. The third-order valence-corrected chi connectivity index (χ3v) is 12.6. The molecule has 376 valence electrons. The smallest absolute Gasteiger partial charge is 0.306 e. The lowest BCUT2D eigenvalue weighted by Crippen LogP contribution is -2.30. The molecule has 0 amide bonds. The number of carbonyl (C=O) groups is 2. The number of carbonyl (C=O) groups excluding carboxylic acids is 2. The monoisotopic (exact) mass is 899 g/mol. The van der Waals surface area contributed by atoms with E-state index in [1.807, 2.05) is 0 Å². The van der Waals surface area contributed by atoms with Crippen LogP contribution in [-0.4, -0.2) is 37.9 Å². The minimum atomic E-state index is -0.536. The van der Waals surface area contributed by atoms with E-state index < -0.39 is 6.10 Å². The first kappa shape index (κ1) is 62.1. The van der Waals surface area contributed by atoms with Gasteiger partial charge in [0.25, 0.3) is 0 Å². The Balaban J connectivity index is 4.22. The van der Waals surface area contributed by atoms with Crippen LogP contribution in [0.25, 0.3) is 0 Å². The van der Waals surface area contributed by atoms with E-state index in [4.69, 9.17) is 14.2 Å². The van der Waals surface area contributed by atoms with Gasteiger partial charge in [0.05, 0.1) is 6.61 Å². The number of esters is 2. The van der Waals surface area contributed by atoms with Crippen molar-refractivity contribution in [3.8, 4) is 0 Å². The highest BCUT2D eigenvalue weighted by atomic mass is 16.6. The fourth-order valence-corrected chi connectivity index (χ4v) is 8.36. The summed E-state index contributed by atoms with van der Waals surface area (Å²) in [7, 11) is 0. The second-order valence-corrected chi connectivity index (χ2v) is 19.2. The molecule has 0 heterocycles. The average Bonchev–Trinajstić information content (AvgIpc) is 3.30. The van der Waals surface area contributed by atoms with Crippen molar-refractivity contribution in [1.29, 1.82) is 0 Å². The lowest BCUT2D eigenvalue weighted by atomic mass is 10.0. The minimum Gasteiger partial charge on any atom is -0.462 e. The summed E-state index contributed by atoms with van der Waals surface area (Å²) >= 11 is 0. The fraction of sp³-hybridized carbons (Fsp3) is 0.864. The summed E-state index contributed by atoms with van der Waals surface area (Å²) < 4.78 is 17.5. The van der Waals surface area contributed by atoms with Crippen LogP contribution >= 0.6 is 0 Å². The van der Waals surface area contributed by atoms with Gasteiger partial charge in [0.1, 0.15) is 6.61 Å². The molecule has 0 spiro atoms.